The Bertz CT molecular complexity index is 4180. The summed E-state index contributed by atoms with van der Waals surface area (Å²) in [7, 11) is 0. The van der Waals surface area contributed by atoms with Crippen molar-refractivity contribution >= 4 is 0 Å². The summed E-state index contributed by atoms with van der Waals surface area (Å²) in [6.07, 6.45) is 0. The fourth-order valence-electron chi connectivity index (χ4n) is 12.5. The van der Waals surface area contributed by atoms with Gasteiger partial charge in [-0.1, -0.05) is 243 Å². The Morgan fingerprint density at radius 3 is 0.838 bits per heavy atom. The largest absolute Gasteiger partial charge is 0.228 e. The first kappa shape index (κ1) is 47.0. The molecule has 0 saturated carbocycles. The first-order chi connectivity index (χ1) is 39.6. The third-order valence-corrected chi connectivity index (χ3v) is 16.4. The molecule has 1 heterocycles. The number of aromatic nitrogens is 2. The predicted octanol–water partition coefficient (Wildman–Crippen LogP) is 20.1. The van der Waals surface area contributed by atoms with E-state index in [0.29, 0.717) is 5.82 Å². The Morgan fingerprint density at radius 1 is 0.163 bits per heavy atom. The second kappa shape index (κ2) is 19.9. The van der Waals surface area contributed by atoms with Gasteiger partial charge >= 0.3 is 0 Å². The minimum absolute atomic E-state index is 0.119. The molecule has 2 unspecified atom stereocenters. The maximum Gasteiger partial charge on any atom is 0.160 e. The summed E-state index contributed by atoms with van der Waals surface area (Å²) >= 11 is 0. The number of rotatable bonds is 10. The highest BCUT2D eigenvalue weighted by Gasteiger charge is 2.41. The van der Waals surface area contributed by atoms with E-state index in [-0.39, 0.29) is 11.8 Å². The maximum absolute atomic E-state index is 5.25. The summed E-state index contributed by atoms with van der Waals surface area (Å²) in [6, 6.07) is 111. The van der Waals surface area contributed by atoms with E-state index in [9.17, 15) is 0 Å². The van der Waals surface area contributed by atoms with Crippen LogP contribution < -0.4 is 0 Å². The van der Waals surface area contributed by atoms with Crippen molar-refractivity contribution < 1.29 is 0 Å². The van der Waals surface area contributed by atoms with Gasteiger partial charge < -0.3 is 0 Å². The molecule has 0 fully saturated rings. The van der Waals surface area contributed by atoms with Gasteiger partial charge in [-0.15, -0.1) is 0 Å². The topological polar surface area (TPSA) is 25.8 Å². The Morgan fingerprint density at radius 2 is 0.425 bits per heavy atom. The molecule has 80 heavy (non-hydrogen) atoms. The zero-order chi connectivity index (χ0) is 52.9. The highest BCUT2D eigenvalue weighted by atomic mass is 14.9. The number of nitrogens with zero attached hydrogens (tertiary/aromatic N) is 2. The quantitative estimate of drug-likeness (QED) is 0.136. The van der Waals surface area contributed by atoms with E-state index in [1.165, 1.54) is 100 Å². The van der Waals surface area contributed by atoms with Gasteiger partial charge in [0.05, 0.1) is 11.4 Å². The van der Waals surface area contributed by atoms with Crippen LogP contribution in [0.25, 0.3) is 112 Å². The van der Waals surface area contributed by atoms with Crippen LogP contribution in [-0.4, -0.2) is 9.97 Å². The molecule has 16 rings (SSSR count). The average molecular weight is 1020 g/mol. The van der Waals surface area contributed by atoms with Gasteiger partial charge in [0.15, 0.2) is 5.82 Å². The summed E-state index contributed by atoms with van der Waals surface area (Å²) in [5.41, 5.74) is 30.0. The predicted molar refractivity (Wildman–Crippen MR) is 331 cm³/mol. The molecule has 0 saturated heterocycles. The molecule has 374 valence electrons. The van der Waals surface area contributed by atoms with Crippen LogP contribution in [0.15, 0.2) is 303 Å². The molecule has 3 aliphatic carbocycles. The van der Waals surface area contributed by atoms with Gasteiger partial charge in [0.1, 0.15) is 0 Å². The van der Waals surface area contributed by atoms with Crippen molar-refractivity contribution in [3.63, 3.8) is 0 Å². The normalized spacial score (nSPS) is 13.8. The molecule has 0 N–H and O–H groups in total. The Hall–Kier alpha value is -10.3. The van der Waals surface area contributed by atoms with Crippen molar-refractivity contribution in [2.75, 3.05) is 0 Å². The van der Waals surface area contributed by atoms with Crippen molar-refractivity contribution in [2.45, 2.75) is 11.8 Å². The lowest BCUT2D eigenvalue weighted by molar-refractivity contribution is 0.755. The summed E-state index contributed by atoms with van der Waals surface area (Å²) in [5, 5.41) is 0. The van der Waals surface area contributed by atoms with Gasteiger partial charge in [-0.05, 0) is 172 Å². The van der Waals surface area contributed by atoms with Gasteiger partial charge in [-0.25, -0.2) is 9.97 Å². The van der Waals surface area contributed by atoms with E-state index >= 15 is 0 Å². The van der Waals surface area contributed by atoms with Crippen LogP contribution in [0.2, 0.25) is 0 Å². The van der Waals surface area contributed by atoms with Crippen LogP contribution in [0.1, 0.15) is 45.2 Å². The van der Waals surface area contributed by atoms with Crippen LogP contribution in [-0.2, 0) is 0 Å². The zero-order valence-corrected chi connectivity index (χ0v) is 43.9. The van der Waals surface area contributed by atoms with Gasteiger partial charge in [-0.2, -0.15) is 0 Å². The molecule has 12 aromatic carbocycles. The second-order valence-corrected chi connectivity index (χ2v) is 21.2. The number of benzene rings is 12. The summed E-state index contributed by atoms with van der Waals surface area (Å²) in [4.78, 5) is 10.4. The van der Waals surface area contributed by atoms with Crippen LogP contribution in [0.3, 0.4) is 0 Å². The molecule has 3 aliphatic rings. The molecule has 2 heteroatoms. The molecule has 0 aliphatic heterocycles. The van der Waals surface area contributed by atoms with Crippen molar-refractivity contribution in [2.24, 2.45) is 0 Å². The summed E-state index contributed by atoms with van der Waals surface area (Å²) in [5.74, 6) is 0.946. The molecular formula is C78H52N2. The molecule has 2 bridgehead atoms. The third-order valence-electron chi connectivity index (χ3n) is 16.4. The fraction of sp³-hybridized carbons (Fsp3) is 0.0256. The number of hydrogen-bond donors (Lipinski definition) is 0. The van der Waals surface area contributed by atoms with E-state index in [1.807, 2.05) is 6.07 Å². The molecular weight excluding hydrogens is 965 g/mol. The van der Waals surface area contributed by atoms with Crippen molar-refractivity contribution in [3.05, 3.63) is 337 Å². The third kappa shape index (κ3) is 8.65. The molecule has 0 radical (unpaired) electrons. The molecule has 0 amide bonds. The smallest absolute Gasteiger partial charge is 0.160 e. The lowest BCUT2D eigenvalue weighted by atomic mass is 9.60. The minimum Gasteiger partial charge on any atom is -0.228 e. The van der Waals surface area contributed by atoms with Gasteiger partial charge in [0.2, 0.25) is 0 Å². The average Bonchev–Trinajstić information content (AvgIpc) is 3.59. The lowest BCUT2D eigenvalue weighted by Crippen LogP contribution is -2.27. The van der Waals surface area contributed by atoms with E-state index < -0.39 is 0 Å². The molecule has 2 nitrogen and oxygen atoms in total. The molecule has 1 aromatic heterocycles. The highest BCUT2D eigenvalue weighted by molar-refractivity contribution is 5.86. The van der Waals surface area contributed by atoms with E-state index in [1.54, 1.807) is 0 Å². The monoisotopic (exact) mass is 1020 g/mol. The van der Waals surface area contributed by atoms with Crippen LogP contribution in [0.5, 0.6) is 0 Å². The molecule has 0 spiro atoms. The summed E-state index contributed by atoms with van der Waals surface area (Å²) in [6.45, 7) is 0. The summed E-state index contributed by atoms with van der Waals surface area (Å²) < 4.78 is 0. The first-order valence-electron chi connectivity index (χ1n) is 27.7. The number of hydrogen-bond acceptors (Lipinski definition) is 2. The second-order valence-electron chi connectivity index (χ2n) is 21.2. The van der Waals surface area contributed by atoms with Gasteiger partial charge in [0, 0.05) is 28.5 Å². The zero-order valence-electron chi connectivity index (χ0n) is 43.9. The Kier molecular flexibility index (Phi) is 11.7. The lowest BCUT2D eigenvalue weighted by Gasteiger charge is -2.42. The van der Waals surface area contributed by atoms with E-state index in [2.05, 4.69) is 297 Å². The standard InChI is InChI=1S/C78H52N2/c1-5-19-51(20-6-1)55-27-15-31-59(41-55)66-45-65(53-23-9-3-10-24-53)46-67(47-66)60-32-16-29-57(42-60)61-37-39-70-72(48-61)76-68-35-13-14-36-69(68)77(70)73-49-62(38-40-71(73)76)58-30-18-34-64(44-58)75-50-74(79-78(80-75)54-25-11-4-12-26-54)63-33-17-28-56(43-63)52-21-7-2-8-22-52/h1-50,76-77H. The van der Waals surface area contributed by atoms with E-state index in [4.69, 9.17) is 9.97 Å². The van der Waals surface area contributed by atoms with Crippen LogP contribution >= 0.6 is 0 Å². The van der Waals surface area contributed by atoms with E-state index in [0.717, 1.165) is 39.2 Å². The van der Waals surface area contributed by atoms with Crippen LogP contribution in [0.4, 0.5) is 0 Å². The van der Waals surface area contributed by atoms with Crippen molar-refractivity contribution in [3.8, 4) is 112 Å². The van der Waals surface area contributed by atoms with Gasteiger partial charge in [0.25, 0.3) is 0 Å². The van der Waals surface area contributed by atoms with Gasteiger partial charge in [-0.3, -0.25) is 0 Å². The minimum atomic E-state index is 0.119. The van der Waals surface area contributed by atoms with Crippen molar-refractivity contribution in [1.29, 1.82) is 0 Å². The van der Waals surface area contributed by atoms with Crippen molar-refractivity contribution in [1.82, 2.24) is 9.97 Å². The molecule has 2 atom stereocenters. The highest BCUT2D eigenvalue weighted by Crippen LogP contribution is 2.57. The Labute approximate surface area is 467 Å². The first-order valence-corrected chi connectivity index (χ1v) is 27.7. The molecule has 13 aromatic rings. The fourth-order valence-corrected chi connectivity index (χ4v) is 12.5. The Balaban J connectivity index is 0.777. The maximum atomic E-state index is 5.25. The van der Waals surface area contributed by atoms with Crippen LogP contribution in [0, 0.1) is 0 Å². The SMILES string of the molecule is c1ccc(-c2cccc(-c3cc(-c4ccccc4)cc(-c4cccc(-c5ccc6c(c5)C5c7ccccc7C6c6cc(-c7cccc(-c8cc(-c9cccc(-c%10ccccc%10)c9)nc(-c9ccccc9)n8)c7)ccc65)c4)c3)c2)cc1.